The Morgan fingerprint density at radius 1 is 1.04 bits per heavy atom. The maximum absolute atomic E-state index is 13.0. The monoisotopic (exact) mass is 329 g/mol. The zero-order chi connectivity index (χ0) is 17.4. The van der Waals surface area contributed by atoms with Gasteiger partial charge in [0.15, 0.2) is 0 Å². The molecule has 0 fully saturated rings. The van der Waals surface area contributed by atoms with Crippen molar-refractivity contribution in [2.75, 3.05) is 13.2 Å². The van der Waals surface area contributed by atoms with Gasteiger partial charge in [-0.2, -0.15) is 0 Å². The van der Waals surface area contributed by atoms with Crippen molar-refractivity contribution in [3.05, 3.63) is 71.5 Å². The highest BCUT2D eigenvalue weighted by Crippen LogP contribution is 2.12. The Hall–Kier alpha value is -2.69. The molecule has 2 aromatic rings. The first kappa shape index (κ1) is 17.7. The summed E-state index contributed by atoms with van der Waals surface area (Å²) < 4.78 is 18.0. The number of nitrogens with zero attached hydrogens (tertiary/aromatic N) is 1. The molecule has 24 heavy (non-hydrogen) atoms. The fraction of sp³-hybridized carbons (Fsp3) is 0.263. The zero-order valence-corrected chi connectivity index (χ0v) is 13.6. The Balaban J connectivity index is 2.12. The van der Waals surface area contributed by atoms with Crippen LogP contribution in [0.1, 0.15) is 29.3 Å². The van der Waals surface area contributed by atoms with Gasteiger partial charge >= 0.3 is 5.97 Å². The fourth-order valence-electron chi connectivity index (χ4n) is 2.29. The van der Waals surface area contributed by atoms with E-state index in [1.165, 1.54) is 12.1 Å². The van der Waals surface area contributed by atoms with Gasteiger partial charge in [0, 0.05) is 18.7 Å². The van der Waals surface area contributed by atoms with E-state index in [4.69, 9.17) is 4.74 Å². The van der Waals surface area contributed by atoms with E-state index in [-0.39, 0.29) is 30.7 Å². The van der Waals surface area contributed by atoms with Crippen LogP contribution in [0, 0.1) is 5.82 Å². The highest BCUT2D eigenvalue weighted by Gasteiger charge is 2.17. The van der Waals surface area contributed by atoms with Crippen LogP contribution < -0.4 is 0 Å². The smallest absolute Gasteiger partial charge is 0.307 e. The van der Waals surface area contributed by atoms with E-state index in [1.807, 2.05) is 6.07 Å². The van der Waals surface area contributed by atoms with E-state index in [0.29, 0.717) is 18.7 Å². The predicted octanol–water partition coefficient (Wildman–Crippen LogP) is 3.42. The number of carbonyl (C=O) groups is 2. The number of esters is 1. The van der Waals surface area contributed by atoms with Crippen molar-refractivity contribution < 1.29 is 18.7 Å². The van der Waals surface area contributed by atoms with Crippen LogP contribution >= 0.6 is 0 Å². The van der Waals surface area contributed by atoms with Gasteiger partial charge in [-0.05, 0) is 36.8 Å². The summed E-state index contributed by atoms with van der Waals surface area (Å²) in [6.45, 7) is 2.59. The summed E-state index contributed by atoms with van der Waals surface area (Å²) in [6, 6.07) is 14.8. The van der Waals surface area contributed by atoms with Crippen molar-refractivity contribution in [3.8, 4) is 0 Å². The summed E-state index contributed by atoms with van der Waals surface area (Å²) in [5, 5.41) is 0. The Bertz CT molecular complexity index is 671. The summed E-state index contributed by atoms with van der Waals surface area (Å²) in [5.41, 5.74) is 1.34. The zero-order valence-electron chi connectivity index (χ0n) is 13.6. The van der Waals surface area contributed by atoms with Crippen molar-refractivity contribution in [1.29, 1.82) is 0 Å². The van der Waals surface area contributed by atoms with Gasteiger partial charge in [0.1, 0.15) is 5.82 Å². The largest absolute Gasteiger partial charge is 0.466 e. The third kappa shape index (κ3) is 5.19. The number of ether oxygens (including phenoxy) is 1. The molecular weight excluding hydrogens is 309 g/mol. The van der Waals surface area contributed by atoms with E-state index in [2.05, 4.69) is 0 Å². The molecule has 2 rings (SSSR count). The van der Waals surface area contributed by atoms with Crippen LogP contribution in [0.2, 0.25) is 0 Å². The minimum Gasteiger partial charge on any atom is -0.466 e. The van der Waals surface area contributed by atoms with Gasteiger partial charge in [0.2, 0.25) is 0 Å². The minimum absolute atomic E-state index is 0.119. The van der Waals surface area contributed by atoms with Crippen LogP contribution in [0.25, 0.3) is 0 Å². The Kier molecular flexibility index (Phi) is 6.49. The molecule has 4 nitrogen and oxygen atoms in total. The van der Waals surface area contributed by atoms with Crippen molar-refractivity contribution in [2.24, 2.45) is 0 Å². The van der Waals surface area contributed by atoms with Gasteiger partial charge in [0.05, 0.1) is 13.0 Å². The first-order valence-corrected chi connectivity index (χ1v) is 7.84. The molecular formula is C19H20FNO3. The van der Waals surface area contributed by atoms with E-state index < -0.39 is 0 Å². The Morgan fingerprint density at radius 2 is 1.71 bits per heavy atom. The molecule has 0 heterocycles. The lowest BCUT2D eigenvalue weighted by Crippen LogP contribution is -2.32. The summed E-state index contributed by atoms with van der Waals surface area (Å²) in [5.74, 6) is -0.849. The summed E-state index contributed by atoms with van der Waals surface area (Å²) in [4.78, 5) is 25.8. The molecule has 0 N–H and O–H groups in total. The number of amides is 1. The lowest BCUT2D eigenvalue weighted by Gasteiger charge is -2.22. The highest BCUT2D eigenvalue weighted by molar-refractivity contribution is 5.94. The van der Waals surface area contributed by atoms with Crippen molar-refractivity contribution in [1.82, 2.24) is 4.90 Å². The molecule has 1 amide bonds. The van der Waals surface area contributed by atoms with Gasteiger partial charge < -0.3 is 9.64 Å². The standard InChI is InChI=1S/C19H20FNO3/c1-2-24-18(22)12-13-21(14-15-8-10-17(20)11-9-15)19(23)16-6-4-3-5-7-16/h3-11H,2,12-14H2,1H3. The number of benzene rings is 2. The van der Waals surface area contributed by atoms with Gasteiger partial charge in [-0.15, -0.1) is 0 Å². The average Bonchev–Trinajstić information content (AvgIpc) is 2.60. The second-order valence-electron chi connectivity index (χ2n) is 5.27. The molecule has 0 aliphatic rings. The molecule has 0 saturated carbocycles. The van der Waals surface area contributed by atoms with Crippen molar-refractivity contribution in [3.63, 3.8) is 0 Å². The van der Waals surface area contributed by atoms with Crippen LogP contribution in [0.4, 0.5) is 4.39 Å². The normalized spacial score (nSPS) is 10.2. The van der Waals surface area contributed by atoms with Gasteiger partial charge in [-0.3, -0.25) is 9.59 Å². The summed E-state index contributed by atoms with van der Waals surface area (Å²) in [6.07, 6.45) is 0.119. The third-order valence-corrected chi connectivity index (χ3v) is 3.49. The SMILES string of the molecule is CCOC(=O)CCN(Cc1ccc(F)cc1)C(=O)c1ccccc1. The first-order valence-electron chi connectivity index (χ1n) is 7.84. The average molecular weight is 329 g/mol. The number of halogens is 1. The molecule has 0 spiro atoms. The van der Waals surface area contributed by atoms with Crippen LogP contribution in [0.5, 0.6) is 0 Å². The number of rotatable bonds is 7. The second kappa shape index (κ2) is 8.82. The molecule has 5 heteroatoms. The molecule has 0 unspecified atom stereocenters. The van der Waals surface area contributed by atoms with E-state index >= 15 is 0 Å². The Labute approximate surface area is 140 Å². The molecule has 2 aromatic carbocycles. The molecule has 126 valence electrons. The highest BCUT2D eigenvalue weighted by atomic mass is 19.1. The molecule has 0 saturated heterocycles. The van der Waals surface area contributed by atoms with E-state index in [0.717, 1.165) is 5.56 Å². The maximum atomic E-state index is 13.0. The van der Waals surface area contributed by atoms with Crippen molar-refractivity contribution in [2.45, 2.75) is 19.9 Å². The topological polar surface area (TPSA) is 46.6 Å². The Morgan fingerprint density at radius 3 is 2.33 bits per heavy atom. The van der Waals surface area contributed by atoms with Crippen LogP contribution in [0.3, 0.4) is 0 Å². The fourth-order valence-corrected chi connectivity index (χ4v) is 2.29. The van der Waals surface area contributed by atoms with Gasteiger partial charge in [-0.25, -0.2) is 4.39 Å². The van der Waals surface area contributed by atoms with Crippen LogP contribution in [-0.4, -0.2) is 29.9 Å². The summed E-state index contributed by atoms with van der Waals surface area (Å²) in [7, 11) is 0. The first-order chi connectivity index (χ1) is 11.6. The predicted molar refractivity (Wildman–Crippen MR) is 88.8 cm³/mol. The lowest BCUT2D eigenvalue weighted by molar-refractivity contribution is -0.143. The number of hydrogen-bond acceptors (Lipinski definition) is 3. The molecule has 0 atom stereocenters. The molecule has 0 aliphatic heterocycles. The van der Waals surface area contributed by atoms with E-state index in [9.17, 15) is 14.0 Å². The van der Waals surface area contributed by atoms with Gasteiger partial charge in [0.25, 0.3) is 5.91 Å². The van der Waals surface area contributed by atoms with Crippen LogP contribution in [0.15, 0.2) is 54.6 Å². The number of hydrogen-bond donors (Lipinski definition) is 0. The molecule has 0 radical (unpaired) electrons. The van der Waals surface area contributed by atoms with Crippen LogP contribution in [-0.2, 0) is 16.1 Å². The minimum atomic E-state index is -0.345. The maximum Gasteiger partial charge on any atom is 0.307 e. The molecule has 0 aromatic heterocycles. The summed E-state index contributed by atoms with van der Waals surface area (Å²) >= 11 is 0. The second-order valence-corrected chi connectivity index (χ2v) is 5.27. The van der Waals surface area contributed by atoms with Crippen molar-refractivity contribution >= 4 is 11.9 Å². The third-order valence-electron chi connectivity index (χ3n) is 3.49. The molecule has 0 bridgehead atoms. The number of carbonyl (C=O) groups excluding carboxylic acids is 2. The van der Waals surface area contributed by atoms with E-state index in [1.54, 1.807) is 48.2 Å². The molecule has 0 aliphatic carbocycles. The quantitative estimate of drug-likeness (QED) is 0.731. The lowest BCUT2D eigenvalue weighted by atomic mass is 10.1. The van der Waals surface area contributed by atoms with Gasteiger partial charge in [-0.1, -0.05) is 30.3 Å².